The van der Waals surface area contributed by atoms with Crippen molar-refractivity contribution in [2.24, 2.45) is 0 Å². The van der Waals surface area contributed by atoms with Crippen molar-refractivity contribution in [2.45, 2.75) is 44.5 Å². The van der Waals surface area contributed by atoms with Gasteiger partial charge in [-0.3, -0.25) is 0 Å². The zero-order valence-electron chi connectivity index (χ0n) is 13.7. The number of hydrogen-bond donors (Lipinski definition) is 2. The molecule has 0 amide bonds. The fraction of sp³-hybridized carbons (Fsp3) is 1.00. The lowest BCUT2D eigenvalue weighted by Gasteiger charge is -2.23. The average Bonchev–Trinajstić information content (AvgIpc) is 2.36. The van der Waals surface area contributed by atoms with Gasteiger partial charge in [0, 0.05) is 26.0 Å². The van der Waals surface area contributed by atoms with Crippen LogP contribution in [0.4, 0.5) is 0 Å². The maximum absolute atomic E-state index is 11.5. The smallest absolute Gasteiger partial charge is 0.153 e. The molecule has 0 heterocycles. The summed E-state index contributed by atoms with van der Waals surface area (Å²) in [7, 11) is -3.12. The third kappa shape index (κ3) is 10.2. The number of rotatable bonds is 13. The number of aliphatic hydroxyl groups excluding tert-OH is 1. The first-order chi connectivity index (χ1) is 9.70. The van der Waals surface area contributed by atoms with Crippen molar-refractivity contribution >= 4 is 9.84 Å². The Balaban J connectivity index is 3.61. The summed E-state index contributed by atoms with van der Waals surface area (Å²) in [6, 6.07) is 0. The Morgan fingerprint density at radius 1 is 1.19 bits per heavy atom. The van der Waals surface area contributed by atoms with Gasteiger partial charge >= 0.3 is 0 Å². The van der Waals surface area contributed by atoms with Crippen molar-refractivity contribution in [3.05, 3.63) is 0 Å². The minimum absolute atomic E-state index is 0.212. The molecular formula is C14H31NO5S. The topological polar surface area (TPSA) is 84.9 Å². The maximum atomic E-state index is 11.5. The summed E-state index contributed by atoms with van der Waals surface area (Å²) in [6.07, 6.45) is 2.71. The molecule has 0 saturated heterocycles. The van der Waals surface area contributed by atoms with E-state index in [1.54, 1.807) is 13.8 Å². The van der Waals surface area contributed by atoms with Crippen molar-refractivity contribution in [3.8, 4) is 0 Å². The molecule has 2 N–H and O–H groups in total. The number of hydrogen-bond acceptors (Lipinski definition) is 6. The molecule has 0 aliphatic rings. The van der Waals surface area contributed by atoms with Crippen LogP contribution in [0.1, 0.15) is 33.6 Å². The largest absolute Gasteiger partial charge is 0.389 e. The molecule has 0 aliphatic carbocycles. The molecule has 0 aliphatic heterocycles. The molecule has 1 atom stereocenters. The standard InChI is InChI=1S/C14H31NO5S/c1-5-6-7-19-8-9-20-11-13(16)10-15-12-14(2,3)21(4,17)18/h13,15-16H,5-12H2,1-4H3. The van der Waals surface area contributed by atoms with Gasteiger partial charge in [-0.25, -0.2) is 8.42 Å². The van der Waals surface area contributed by atoms with Crippen molar-refractivity contribution in [1.82, 2.24) is 5.32 Å². The van der Waals surface area contributed by atoms with Gasteiger partial charge in [-0.2, -0.15) is 0 Å². The van der Waals surface area contributed by atoms with E-state index in [4.69, 9.17) is 9.47 Å². The molecule has 0 bridgehead atoms. The summed E-state index contributed by atoms with van der Waals surface area (Å²) < 4.78 is 32.8. The molecule has 0 aromatic rings. The lowest BCUT2D eigenvalue weighted by Crippen LogP contribution is -2.44. The number of sulfone groups is 1. The summed E-state index contributed by atoms with van der Waals surface area (Å²) in [5.41, 5.74) is 0. The SMILES string of the molecule is CCCCOCCOCC(O)CNCC(C)(C)S(C)(=O)=O. The number of ether oxygens (including phenoxy) is 2. The van der Waals surface area contributed by atoms with E-state index >= 15 is 0 Å². The molecule has 0 aromatic carbocycles. The quantitative estimate of drug-likeness (QED) is 0.482. The number of aliphatic hydroxyl groups is 1. The predicted octanol–water partition coefficient (Wildman–Crippen LogP) is 0.593. The normalized spacial score (nSPS) is 14.3. The summed E-state index contributed by atoms with van der Waals surface area (Å²) in [4.78, 5) is 0. The minimum Gasteiger partial charge on any atom is -0.389 e. The first-order valence-electron chi connectivity index (χ1n) is 7.44. The maximum Gasteiger partial charge on any atom is 0.153 e. The molecule has 0 fully saturated rings. The van der Waals surface area contributed by atoms with E-state index in [1.165, 1.54) is 6.26 Å². The van der Waals surface area contributed by atoms with E-state index in [9.17, 15) is 13.5 Å². The van der Waals surface area contributed by atoms with Crippen molar-refractivity contribution in [1.29, 1.82) is 0 Å². The van der Waals surface area contributed by atoms with Crippen LogP contribution in [-0.2, 0) is 19.3 Å². The van der Waals surface area contributed by atoms with Crippen LogP contribution in [0.15, 0.2) is 0 Å². The first kappa shape index (κ1) is 20.8. The van der Waals surface area contributed by atoms with Gasteiger partial charge in [-0.05, 0) is 20.3 Å². The van der Waals surface area contributed by atoms with Gasteiger partial charge in [0.25, 0.3) is 0 Å². The summed E-state index contributed by atoms with van der Waals surface area (Å²) in [6.45, 7) is 7.95. The van der Waals surface area contributed by atoms with Crippen LogP contribution < -0.4 is 5.32 Å². The van der Waals surface area contributed by atoms with Gasteiger partial charge < -0.3 is 19.9 Å². The van der Waals surface area contributed by atoms with Crippen molar-refractivity contribution in [2.75, 3.05) is 45.8 Å². The van der Waals surface area contributed by atoms with E-state index < -0.39 is 20.7 Å². The van der Waals surface area contributed by atoms with E-state index in [1.807, 2.05) is 0 Å². The molecular weight excluding hydrogens is 294 g/mol. The molecule has 0 aromatic heterocycles. The van der Waals surface area contributed by atoms with Crippen LogP contribution >= 0.6 is 0 Å². The molecule has 7 heteroatoms. The van der Waals surface area contributed by atoms with E-state index in [0.717, 1.165) is 19.4 Å². The number of nitrogens with one attached hydrogen (secondary N) is 1. The van der Waals surface area contributed by atoms with Gasteiger partial charge in [0.05, 0.1) is 30.7 Å². The lowest BCUT2D eigenvalue weighted by atomic mass is 10.2. The Hall–Kier alpha value is -0.210. The van der Waals surface area contributed by atoms with E-state index in [0.29, 0.717) is 26.3 Å². The van der Waals surface area contributed by atoms with Gasteiger partial charge in [-0.15, -0.1) is 0 Å². The van der Waals surface area contributed by atoms with Crippen LogP contribution in [0.2, 0.25) is 0 Å². The van der Waals surface area contributed by atoms with Crippen LogP contribution in [-0.4, -0.2) is 70.1 Å². The lowest BCUT2D eigenvalue weighted by molar-refractivity contribution is 0.00388. The second-order valence-electron chi connectivity index (χ2n) is 5.86. The van der Waals surface area contributed by atoms with Gasteiger partial charge in [0.15, 0.2) is 9.84 Å². The van der Waals surface area contributed by atoms with Crippen LogP contribution in [0.25, 0.3) is 0 Å². The Morgan fingerprint density at radius 2 is 1.81 bits per heavy atom. The van der Waals surface area contributed by atoms with Crippen LogP contribution in [0, 0.1) is 0 Å². The van der Waals surface area contributed by atoms with E-state index in [-0.39, 0.29) is 6.61 Å². The van der Waals surface area contributed by atoms with Gasteiger partial charge in [0.1, 0.15) is 0 Å². The van der Waals surface area contributed by atoms with Crippen LogP contribution in [0.3, 0.4) is 0 Å². The highest BCUT2D eigenvalue weighted by atomic mass is 32.2. The third-order valence-electron chi connectivity index (χ3n) is 3.26. The molecule has 0 rings (SSSR count). The Kier molecular flexibility index (Phi) is 10.4. The number of unbranched alkanes of at least 4 members (excludes halogenated alkanes) is 1. The monoisotopic (exact) mass is 325 g/mol. The van der Waals surface area contributed by atoms with Crippen molar-refractivity contribution < 1.29 is 23.0 Å². The highest BCUT2D eigenvalue weighted by Crippen LogP contribution is 2.13. The molecule has 0 radical (unpaired) electrons. The van der Waals surface area contributed by atoms with Crippen molar-refractivity contribution in [3.63, 3.8) is 0 Å². The summed E-state index contributed by atoms with van der Waals surface area (Å²) in [5.74, 6) is 0. The fourth-order valence-electron chi connectivity index (χ4n) is 1.42. The second kappa shape index (κ2) is 10.5. The zero-order valence-corrected chi connectivity index (χ0v) is 14.5. The highest BCUT2D eigenvalue weighted by Gasteiger charge is 2.29. The Bertz CT molecular complexity index is 356. The van der Waals surface area contributed by atoms with Crippen LogP contribution in [0.5, 0.6) is 0 Å². The highest BCUT2D eigenvalue weighted by molar-refractivity contribution is 7.92. The van der Waals surface area contributed by atoms with E-state index in [2.05, 4.69) is 12.2 Å². The minimum atomic E-state index is -3.12. The molecule has 21 heavy (non-hydrogen) atoms. The first-order valence-corrected chi connectivity index (χ1v) is 9.33. The molecule has 6 nitrogen and oxygen atoms in total. The second-order valence-corrected chi connectivity index (χ2v) is 8.51. The molecule has 0 saturated carbocycles. The Morgan fingerprint density at radius 3 is 2.38 bits per heavy atom. The summed E-state index contributed by atoms with van der Waals surface area (Å²) in [5, 5.41) is 12.7. The Labute approximate surface area is 129 Å². The van der Waals surface area contributed by atoms with Gasteiger partial charge in [-0.1, -0.05) is 13.3 Å². The molecule has 128 valence electrons. The molecule has 0 spiro atoms. The predicted molar refractivity (Wildman–Crippen MR) is 84.3 cm³/mol. The average molecular weight is 325 g/mol. The van der Waals surface area contributed by atoms with Gasteiger partial charge in [0.2, 0.25) is 0 Å². The third-order valence-corrected chi connectivity index (χ3v) is 5.41. The molecule has 1 unspecified atom stereocenters. The summed E-state index contributed by atoms with van der Waals surface area (Å²) >= 11 is 0. The zero-order chi connectivity index (χ0) is 16.4. The fourth-order valence-corrected chi connectivity index (χ4v) is 1.78.